The zero-order valence-corrected chi connectivity index (χ0v) is 14.8. The predicted molar refractivity (Wildman–Crippen MR) is 97.8 cm³/mol. The van der Waals surface area contributed by atoms with Crippen LogP contribution in [0.5, 0.6) is 0 Å². The predicted octanol–water partition coefficient (Wildman–Crippen LogP) is 3.48. The van der Waals surface area contributed by atoms with Gasteiger partial charge in [0.2, 0.25) is 5.91 Å². The Morgan fingerprint density at radius 2 is 2.00 bits per heavy atom. The number of hydrogen-bond acceptors (Lipinski definition) is 2. The fraction of sp³-hybridized carbons (Fsp3) is 0.474. The van der Waals surface area contributed by atoms with Gasteiger partial charge in [-0.2, -0.15) is 0 Å². The highest BCUT2D eigenvalue weighted by Gasteiger charge is 2.35. The Kier molecular flexibility index (Phi) is 4.42. The normalized spacial score (nSPS) is 21.9. The fourth-order valence-corrected chi connectivity index (χ4v) is 4.24. The maximum atomic E-state index is 12.5. The van der Waals surface area contributed by atoms with Crippen molar-refractivity contribution in [3.63, 3.8) is 0 Å². The molecular formula is C19H22ClN3O2. The molecule has 1 aromatic heterocycles. The molecule has 0 bridgehead atoms. The molecule has 1 unspecified atom stereocenters. The van der Waals surface area contributed by atoms with E-state index < -0.39 is 0 Å². The van der Waals surface area contributed by atoms with E-state index in [1.165, 1.54) is 19.3 Å². The minimum Gasteiger partial charge on any atom is -0.351 e. The Balaban J connectivity index is 1.42. The highest BCUT2D eigenvalue weighted by Crippen LogP contribution is 2.26. The van der Waals surface area contributed by atoms with Crippen LogP contribution >= 0.6 is 11.6 Å². The van der Waals surface area contributed by atoms with Crippen LogP contribution in [0.15, 0.2) is 24.3 Å². The Morgan fingerprint density at radius 1 is 1.20 bits per heavy atom. The molecule has 5 nitrogen and oxygen atoms in total. The van der Waals surface area contributed by atoms with Crippen molar-refractivity contribution in [2.75, 3.05) is 6.54 Å². The Labute approximate surface area is 151 Å². The van der Waals surface area contributed by atoms with Gasteiger partial charge in [0.05, 0.1) is 6.04 Å². The number of H-pyrrole nitrogens is 1. The summed E-state index contributed by atoms with van der Waals surface area (Å²) in [5.74, 6) is -0.00348. The van der Waals surface area contributed by atoms with Crippen LogP contribution in [0, 0.1) is 0 Å². The lowest BCUT2D eigenvalue weighted by atomic mass is 9.94. The number of fused-ring (bicyclic) bond motifs is 1. The van der Waals surface area contributed by atoms with Crippen LogP contribution in [0.4, 0.5) is 0 Å². The van der Waals surface area contributed by atoms with Crippen LogP contribution in [-0.4, -0.2) is 40.3 Å². The summed E-state index contributed by atoms with van der Waals surface area (Å²) in [5.41, 5.74) is 1.38. The van der Waals surface area contributed by atoms with Crippen molar-refractivity contribution >= 4 is 34.3 Å². The first kappa shape index (κ1) is 16.5. The number of rotatable bonds is 3. The molecule has 132 valence electrons. The molecule has 2 fully saturated rings. The highest BCUT2D eigenvalue weighted by molar-refractivity contribution is 6.31. The van der Waals surface area contributed by atoms with Gasteiger partial charge in [0.15, 0.2) is 0 Å². The Hall–Kier alpha value is -2.01. The maximum Gasteiger partial charge on any atom is 0.268 e. The second-order valence-corrected chi connectivity index (χ2v) is 7.56. The largest absolute Gasteiger partial charge is 0.351 e. The SMILES string of the molecule is O=C(NC1CC(=O)N(C2CCCCC2)C1)c1cc2cc(Cl)ccc2[nH]1. The summed E-state index contributed by atoms with van der Waals surface area (Å²) in [4.78, 5) is 30.0. The van der Waals surface area contributed by atoms with Gasteiger partial charge in [0.1, 0.15) is 5.69 Å². The number of carbonyl (C=O) groups is 2. The van der Waals surface area contributed by atoms with Crippen molar-refractivity contribution in [2.45, 2.75) is 50.6 Å². The van der Waals surface area contributed by atoms with Gasteiger partial charge in [-0.3, -0.25) is 9.59 Å². The molecule has 2 amide bonds. The molecule has 2 aromatic rings. The van der Waals surface area contributed by atoms with Crippen LogP contribution < -0.4 is 5.32 Å². The number of benzene rings is 1. The smallest absolute Gasteiger partial charge is 0.268 e. The summed E-state index contributed by atoms with van der Waals surface area (Å²) in [5, 5.41) is 4.55. The third-order valence-corrected chi connectivity index (χ3v) is 5.57. The number of amides is 2. The number of nitrogens with zero attached hydrogens (tertiary/aromatic N) is 1. The van der Waals surface area contributed by atoms with Gasteiger partial charge in [-0.15, -0.1) is 0 Å². The summed E-state index contributed by atoms with van der Waals surface area (Å²) >= 11 is 5.99. The third kappa shape index (κ3) is 3.38. The summed E-state index contributed by atoms with van der Waals surface area (Å²) < 4.78 is 0. The second kappa shape index (κ2) is 6.71. The van der Waals surface area contributed by atoms with E-state index >= 15 is 0 Å². The van der Waals surface area contributed by atoms with E-state index in [0.29, 0.717) is 29.7 Å². The zero-order valence-electron chi connectivity index (χ0n) is 14.1. The minimum atomic E-state index is -0.171. The quantitative estimate of drug-likeness (QED) is 0.881. The van der Waals surface area contributed by atoms with Crippen molar-refractivity contribution in [1.82, 2.24) is 15.2 Å². The molecule has 1 saturated carbocycles. The first-order valence-electron chi connectivity index (χ1n) is 8.99. The molecule has 0 spiro atoms. The molecular weight excluding hydrogens is 338 g/mol. The van der Waals surface area contributed by atoms with E-state index in [0.717, 1.165) is 23.7 Å². The Bertz CT molecular complexity index is 810. The lowest BCUT2D eigenvalue weighted by Crippen LogP contribution is -2.41. The minimum absolute atomic E-state index is 0.114. The summed E-state index contributed by atoms with van der Waals surface area (Å²) in [6, 6.07) is 7.52. The number of carbonyl (C=O) groups excluding carboxylic acids is 2. The molecule has 2 heterocycles. The van der Waals surface area contributed by atoms with E-state index in [9.17, 15) is 9.59 Å². The Morgan fingerprint density at radius 3 is 2.80 bits per heavy atom. The third-order valence-electron chi connectivity index (χ3n) is 5.34. The number of hydrogen-bond donors (Lipinski definition) is 2. The monoisotopic (exact) mass is 359 g/mol. The molecule has 1 saturated heterocycles. The van der Waals surface area contributed by atoms with Crippen molar-refractivity contribution in [3.8, 4) is 0 Å². The number of aromatic amines is 1. The molecule has 2 aliphatic rings. The second-order valence-electron chi connectivity index (χ2n) is 7.13. The molecule has 25 heavy (non-hydrogen) atoms. The molecule has 1 atom stereocenters. The number of likely N-dealkylation sites (tertiary alicyclic amines) is 1. The van der Waals surface area contributed by atoms with Crippen molar-refractivity contribution < 1.29 is 9.59 Å². The highest BCUT2D eigenvalue weighted by atomic mass is 35.5. The van der Waals surface area contributed by atoms with Gasteiger partial charge in [-0.05, 0) is 37.1 Å². The lowest BCUT2D eigenvalue weighted by Gasteiger charge is -2.31. The van der Waals surface area contributed by atoms with Crippen molar-refractivity contribution in [3.05, 3.63) is 35.0 Å². The zero-order chi connectivity index (χ0) is 17.4. The maximum absolute atomic E-state index is 12.5. The first-order chi connectivity index (χ1) is 12.1. The first-order valence-corrected chi connectivity index (χ1v) is 9.36. The van der Waals surface area contributed by atoms with Crippen LogP contribution in [0.2, 0.25) is 5.02 Å². The number of halogens is 1. The number of nitrogens with one attached hydrogen (secondary N) is 2. The van der Waals surface area contributed by atoms with E-state index in [2.05, 4.69) is 10.3 Å². The van der Waals surface area contributed by atoms with Crippen LogP contribution in [0.3, 0.4) is 0 Å². The van der Waals surface area contributed by atoms with Crippen molar-refractivity contribution in [1.29, 1.82) is 0 Å². The average Bonchev–Trinajstić information content (AvgIpc) is 3.18. The van der Waals surface area contributed by atoms with E-state index in [4.69, 9.17) is 11.6 Å². The van der Waals surface area contributed by atoms with Gasteiger partial charge in [-0.25, -0.2) is 0 Å². The molecule has 4 rings (SSSR count). The van der Waals surface area contributed by atoms with Crippen LogP contribution in [-0.2, 0) is 4.79 Å². The molecule has 1 aromatic carbocycles. The van der Waals surface area contributed by atoms with E-state index in [1.807, 2.05) is 17.0 Å². The number of aromatic nitrogens is 1. The summed E-state index contributed by atoms with van der Waals surface area (Å²) in [6.07, 6.45) is 6.24. The molecule has 1 aliphatic heterocycles. The fourth-order valence-electron chi connectivity index (χ4n) is 4.06. The van der Waals surface area contributed by atoms with Crippen LogP contribution in [0.1, 0.15) is 49.0 Å². The van der Waals surface area contributed by atoms with Gasteiger partial charge in [0, 0.05) is 34.9 Å². The molecule has 6 heteroatoms. The van der Waals surface area contributed by atoms with E-state index in [1.54, 1.807) is 12.1 Å². The summed E-state index contributed by atoms with van der Waals surface area (Å²) in [6.45, 7) is 0.626. The van der Waals surface area contributed by atoms with Crippen molar-refractivity contribution in [2.24, 2.45) is 0 Å². The topological polar surface area (TPSA) is 65.2 Å². The molecule has 1 aliphatic carbocycles. The van der Waals surface area contributed by atoms with Crippen LogP contribution in [0.25, 0.3) is 10.9 Å². The summed E-state index contributed by atoms with van der Waals surface area (Å²) in [7, 11) is 0. The average molecular weight is 360 g/mol. The van der Waals surface area contributed by atoms with Gasteiger partial charge < -0.3 is 15.2 Å². The van der Waals surface area contributed by atoms with E-state index in [-0.39, 0.29) is 17.9 Å². The molecule has 0 radical (unpaired) electrons. The molecule has 2 N–H and O–H groups in total. The lowest BCUT2D eigenvalue weighted by molar-refractivity contribution is -0.130. The van der Waals surface area contributed by atoms with Gasteiger partial charge in [-0.1, -0.05) is 30.9 Å². The van der Waals surface area contributed by atoms with Gasteiger partial charge >= 0.3 is 0 Å². The van der Waals surface area contributed by atoms with Gasteiger partial charge in [0.25, 0.3) is 5.91 Å². The standard InChI is InChI=1S/C19H22ClN3O2/c20-13-6-7-16-12(8-13)9-17(22-16)19(25)21-14-10-18(24)23(11-14)15-4-2-1-3-5-15/h6-9,14-15,22H,1-5,10-11H2,(H,21,25).